The van der Waals surface area contributed by atoms with Crippen molar-refractivity contribution in [2.75, 3.05) is 43.3 Å². The number of aromatic nitrogens is 1. The number of carbonyl (C=O) groups excluding carboxylic acids is 1. The van der Waals surface area contributed by atoms with Gasteiger partial charge in [-0.2, -0.15) is 19.0 Å². The zero-order valence-electron chi connectivity index (χ0n) is 26.2. The van der Waals surface area contributed by atoms with Crippen LogP contribution in [0.15, 0.2) is 77.8 Å². The highest BCUT2D eigenvalue weighted by atomic mass is 32.2. The molecule has 0 N–H and O–H groups in total. The highest BCUT2D eigenvalue weighted by Gasteiger charge is 2.38. The normalized spacial score (nSPS) is 15.6. The van der Waals surface area contributed by atoms with E-state index in [0.29, 0.717) is 6.54 Å². The van der Waals surface area contributed by atoms with Crippen molar-refractivity contribution >= 4 is 29.3 Å². The number of nitrogens with zero attached hydrogens (tertiary/aromatic N) is 5. The fraction of sp³-hybridized carbons (Fsp3) is 0.257. The maximum Gasteiger partial charge on any atom is 0.329 e. The summed E-state index contributed by atoms with van der Waals surface area (Å²) in [6.45, 7) is 3.33. The predicted molar refractivity (Wildman–Crippen MR) is 177 cm³/mol. The minimum atomic E-state index is -1.16. The standard InChI is InChI=1S/C35H31F2N5O5S/c1-3-44-35(43)26-20-48-21-42(26)31-29(36)33(46-25-11-7-10-24(17-25)32-39-14-15-41(32)2)40-34(30(31)37)47-28-16-23(18-38)12-13-27(28)45-19-22-8-5-4-6-9-22/h4-13,16-17,26H,3,14-15,19-21H2,1-2H3. The van der Waals surface area contributed by atoms with Crippen molar-refractivity contribution < 1.29 is 32.5 Å². The SMILES string of the molecule is CCOC(=O)C1CSCN1c1c(F)c(Oc2cccc(C3=NCCN3C)c2)nc(Oc2cc(C#N)ccc2OCc2ccccc2)c1F. The molecular formula is C35H31F2N5O5S. The topological polar surface area (TPSA) is 110 Å². The third-order valence-electron chi connectivity index (χ3n) is 7.60. The average Bonchev–Trinajstić information content (AvgIpc) is 3.76. The fourth-order valence-corrected chi connectivity index (χ4v) is 6.39. The lowest BCUT2D eigenvalue weighted by Gasteiger charge is -2.26. The molecule has 0 aliphatic carbocycles. The van der Waals surface area contributed by atoms with Gasteiger partial charge in [0.05, 0.1) is 30.7 Å². The van der Waals surface area contributed by atoms with Crippen LogP contribution in [0, 0.1) is 23.0 Å². The number of anilines is 1. The summed E-state index contributed by atoms with van der Waals surface area (Å²) in [4.78, 5) is 24.8. The van der Waals surface area contributed by atoms with Gasteiger partial charge in [0.25, 0.3) is 11.8 Å². The maximum absolute atomic E-state index is 16.5. The molecule has 13 heteroatoms. The van der Waals surface area contributed by atoms with Gasteiger partial charge in [-0.3, -0.25) is 4.99 Å². The Morgan fingerprint density at radius 3 is 2.54 bits per heavy atom. The Morgan fingerprint density at radius 2 is 1.81 bits per heavy atom. The number of aliphatic imine (C=N–C) groups is 1. The number of likely N-dealkylation sites (N-methyl/N-ethyl adjacent to an activating group) is 1. The summed E-state index contributed by atoms with van der Waals surface area (Å²) >= 11 is 1.32. The zero-order chi connectivity index (χ0) is 33.6. The lowest BCUT2D eigenvalue weighted by molar-refractivity contribution is -0.144. The molecule has 246 valence electrons. The molecule has 48 heavy (non-hydrogen) atoms. The molecule has 10 nitrogen and oxygen atoms in total. The van der Waals surface area contributed by atoms with Crippen molar-refractivity contribution in [3.05, 3.63) is 101 Å². The molecule has 1 unspecified atom stereocenters. The number of halogens is 2. The lowest BCUT2D eigenvalue weighted by atomic mass is 10.2. The van der Waals surface area contributed by atoms with Gasteiger partial charge in [-0.15, -0.1) is 11.8 Å². The summed E-state index contributed by atoms with van der Waals surface area (Å²) in [5.74, 6) is -2.62. The second kappa shape index (κ2) is 14.6. The fourth-order valence-electron chi connectivity index (χ4n) is 5.24. The van der Waals surface area contributed by atoms with Crippen LogP contribution in [-0.4, -0.2) is 66.1 Å². The number of hydrogen-bond donors (Lipinski definition) is 0. The van der Waals surface area contributed by atoms with Crippen LogP contribution in [0.3, 0.4) is 0 Å². The number of ether oxygens (including phenoxy) is 4. The molecule has 1 aromatic heterocycles. The Hall–Kier alpha value is -5.35. The van der Waals surface area contributed by atoms with Crippen molar-refractivity contribution in [2.45, 2.75) is 19.6 Å². The van der Waals surface area contributed by atoms with Crippen molar-refractivity contribution in [1.82, 2.24) is 9.88 Å². The van der Waals surface area contributed by atoms with Gasteiger partial charge >= 0.3 is 5.97 Å². The van der Waals surface area contributed by atoms with E-state index in [0.717, 1.165) is 23.5 Å². The molecule has 0 saturated carbocycles. The third kappa shape index (κ3) is 6.99. The molecule has 1 atom stereocenters. The van der Waals surface area contributed by atoms with Crippen molar-refractivity contribution in [3.63, 3.8) is 0 Å². The van der Waals surface area contributed by atoms with Gasteiger partial charge in [0, 0.05) is 31.0 Å². The van der Waals surface area contributed by atoms with Crippen LogP contribution in [0.2, 0.25) is 0 Å². The molecule has 2 aliphatic rings. The van der Waals surface area contributed by atoms with Gasteiger partial charge < -0.3 is 28.7 Å². The number of esters is 1. The Morgan fingerprint density at radius 1 is 1.02 bits per heavy atom. The van der Waals surface area contributed by atoms with E-state index >= 15 is 8.78 Å². The molecule has 1 fully saturated rings. The highest BCUT2D eigenvalue weighted by molar-refractivity contribution is 7.99. The number of amidine groups is 1. The summed E-state index contributed by atoms with van der Waals surface area (Å²) in [7, 11) is 1.92. The van der Waals surface area contributed by atoms with E-state index in [1.54, 1.807) is 25.1 Å². The predicted octanol–water partition coefficient (Wildman–Crippen LogP) is 6.53. The molecule has 2 aliphatic heterocycles. The average molecular weight is 672 g/mol. The number of rotatable bonds is 11. The number of benzene rings is 3. The number of carbonyl (C=O) groups is 1. The largest absolute Gasteiger partial charge is 0.485 e. The molecule has 0 spiro atoms. The zero-order valence-corrected chi connectivity index (χ0v) is 27.0. The molecule has 0 bridgehead atoms. The van der Waals surface area contributed by atoms with Crippen molar-refractivity contribution in [2.24, 2.45) is 4.99 Å². The second-order valence-corrected chi connectivity index (χ2v) is 11.8. The van der Waals surface area contributed by atoms with E-state index in [1.165, 1.54) is 34.9 Å². The first-order valence-corrected chi connectivity index (χ1v) is 16.3. The van der Waals surface area contributed by atoms with Gasteiger partial charge in [0.2, 0.25) is 11.6 Å². The Bertz CT molecular complexity index is 1890. The summed E-state index contributed by atoms with van der Waals surface area (Å²) in [5.41, 5.74) is 1.27. The molecule has 4 aromatic rings. The van der Waals surface area contributed by atoms with Gasteiger partial charge in [0.15, 0.2) is 11.5 Å². The van der Waals surface area contributed by atoms with Gasteiger partial charge in [-0.25, -0.2) is 4.79 Å². The van der Waals surface area contributed by atoms with Crippen LogP contribution in [0.25, 0.3) is 0 Å². The smallest absolute Gasteiger partial charge is 0.329 e. The number of pyridine rings is 1. The third-order valence-corrected chi connectivity index (χ3v) is 8.62. The first-order chi connectivity index (χ1) is 23.4. The van der Waals surface area contributed by atoms with Crippen LogP contribution >= 0.6 is 11.8 Å². The molecule has 3 aromatic carbocycles. The van der Waals surface area contributed by atoms with Gasteiger partial charge in [0.1, 0.15) is 29.9 Å². The summed E-state index contributed by atoms with van der Waals surface area (Å²) < 4.78 is 56.0. The minimum Gasteiger partial charge on any atom is -0.485 e. The quantitative estimate of drug-likeness (QED) is 0.163. The van der Waals surface area contributed by atoms with E-state index in [-0.39, 0.29) is 47.7 Å². The Labute approximate surface area is 280 Å². The number of nitriles is 1. The maximum atomic E-state index is 16.5. The van der Waals surface area contributed by atoms with E-state index in [9.17, 15) is 10.1 Å². The van der Waals surface area contributed by atoms with E-state index < -0.39 is 41.1 Å². The summed E-state index contributed by atoms with van der Waals surface area (Å²) in [5, 5.41) is 9.59. The van der Waals surface area contributed by atoms with Crippen molar-refractivity contribution in [1.29, 1.82) is 5.26 Å². The van der Waals surface area contributed by atoms with Crippen LogP contribution in [0.5, 0.6) is 29.0 Å². The van der Waals surface area contributed by atoms with E-state index in [2.05, 4.69) is 9.98 Å². The summed E-state index contributed by atoms with van der Waals surface area (Å²) in [6, 6.07) is 21.7. The first-order valence-electron chi connectivity index (χ1n) is 15.2. The summed E-state index contributed by atoms with van der Waals surface area (Å²) in [6.07, 6.45) is 0. The molecule has 1 saturated heterocycles. The Balaban J connectivity index is 1.41. The minimum absolute atomic E-state index is 0.0260. The molecule has 0 amide bonds. The molecule has 6 rings (SSSR count). The van der Waals surface area contributed by atoms with Crippen LogP contribution in [-0.2, 0) is 16.1 Å². The van der Waals surface area contributed by atoms with Crippen LogP contribution in [0.4, 0.5) is 14.5 Å². The monoisotopic (exact) mass is 671 g/mol. The van der Waals surface area contributed by atoms with E-state index in [4.69, 9.17) is 18.9 Å². The highest BCUT2D eigenvalue weighted by Crippen LogP contribution is 2.43. The molecular weight excluding hydrogens is 640 g/mol. The number of thioether (sulfide) groups is 1. The molecule has 0 radical (unpaired) electrons. The van der Waals surface area contributed by atoms with Crippen LogP contribution in [0.1, 0.15) is 23.6 Å². The molecule has 3 heterocycles. The van der Waals surface area contributed by atoms with E-state index in [1.807, 2.05) is 54.4 Å². The van der Waals surface area contributed by atoms with Gasteiger partial charge in [-0.05, 0) is 36.8 Å². The van der Waals surface area contributed by atoms with Crippen molar-refractivity contribution in [3.8, 4) is 35.1 Å². The first kappa shape index (κ1) is 32.6. The Kier molecular flexibility index (Phi) is 9.91. The van der Waals surface area contributed by atoms with Crippen LogP contribution < -0.4 is 19.1 Å². The number of hydrogen-bond acceptors (Lipinski definition) is 11. The lowest BCUT2D eigenvalue weighted by Crippen LogP contribution is -2.40. The van der Waals surface area contributed by atoms with Gasteiger partial charge in [-0.1, -0.05) is 42.5 Å². The second-order valence-electron chi connectivity index (χ2n) is 10.8.